The Hall–Kier alpha value is -3.99. The number of hydrogen-bond donors (Lipinski definition) is 2. The number of nitrogen functional groups attached to an aromatic ring is 1. The number of nitrogens with zero attached hydrogens (tertiary/aromatic N) is 5. The third kappa shape index (κ3) is 3.90. The minimum Gasteiger partial charge on any atom is -0.382 e. The number of sulfone groups is 1. The van der Waals surface area contributed by atoms with Crippen LogP contribution in [0.5, 0.6) is 0 Å². The number of fused-ring (bicyclic) bond motifs is 3. The van der Waals surface area contributed by atoms with Crippen LogP contribution in [0.3, 0.4) is 0 Å². The Labute approximate surface area is 214 Å². The van der Waals surface area contributed by atoms with Crippen LogP contribution in [-0.2, 0) is 9.84 Å². The minimum absolute atomic E-state index is 0.00382. The molecule has 190 valence electrons. The molecule has 2 fully saturated rings. The average molecular weight is 518 g/mol. The molecule has 2 atom stereocenters. The predicted molar refractivity (Wildman–Crippen MR) is 139 cm³/mol. The van der Waals surface area contributed by atoms with Gasteiger partial charge in [-0.15, -0.1) is 0 Å². The molecule has 1 aromatic carbocycles. The molecule has 0 aliphatic carbocycles. The number of hydrogen-bond acceptors (Lipinski definition) is 7. The summed E-state index contributed by atoms with van der Waals surface area (Å²) in [6.07, 6.45) is 7.38. The van der Waals surface area contributed by atoms with E-state index in [1.165, 1.54) is 4.52 Å². The van der Waals surface area contributed by atoms with Gasteiger partial charge in [-0.1, -0.05) is 36.4 Å². The van der Waals surface area contributed by atoms with Crippen molar-refractivity contribution in [1.82, 2.24) is 24.5 Å². The van der Waals surface area contributed by atoms with Crippen molar-refractivity contribution >= 4 is 27.3 Å². The summed E-state index contributed by atoms with van der Waals surface area (Å²) < 4.78 is 27.2. The molecule has 10 nitrogen and oxygen atoms in total. The van der Waals surface area contributed by atoms with Crippen LogP contribution in [0.4, 0.5) is 10.6 Å². The fourth-order valence-electron chi connectivity index (χ4n) is 5.97. The highest BCUT2D eigenvalue weighted by Crippen LogP contribution is 2.45. The lowest BCUT2D eigenvalue weighted by molar-refractivity contribution is 0.144. The van der Waals surface area contributed by atoms with Crippen molar-refractivity contribution in [2.45, 2.75) is 48.6 Å². The van der Waals surface area contributed by atoms with Gasteiger partial charge < -0.3 is 16.4 Å². The molecule has 2 bridgehead atoms. The van der Waals surface area contributed by atoms with Crippen molar-refractivity contribution in [3.05, 3.63) is 60.6 Å². The standard InChI is InChI=1S/C26H27N7O3S/c1-37(35,36)23-22(17-11-18-8-9-19(12-17)32(18)26(28)34)31-25-20(14-30-33(25)24(23)27)16-7-10-21(29-13-16)15-5-3-2-4-6-15/h2-7,10,13-14,17-19H,8-9,11-12,27H2,1H3,(H2,28,34). The van der Waals surface area contributed by atoms with E-state index >= 15 is 0 Å². The monoisotopic (exact) mass is 517 g/mol. The first-order valence-electron chi connectivity index (χ1n) is 12.2. The van der Waals surface area contributed by atoms with Gasteiger partial charge in [-0.25, -0.2) is 18.2 Å². The zero-order chi connectivity index (χ0) is 25.9. The fraction of sp³-hybridized carbons (Fsp3) is 0.308. The number of amides is 2. The first-order chi connectivity index (χ1) is 17.7. The van der Waals surface area contributed by atoms with Crippen molar-refractivity contribution in [1.29, 1.82) is 0 Å². The van der Waals surface area contributed by atoms with Gasteiger partial charge in [0, 0.05) is 47.1 Å². The lowest BCUT2D eigenvalue weighted by Gasteiger charge is -2.38. The van der Waals surface area contributed by atoms with Crippen LogP contribution in [-0.4, -0.2) is 57.3 Å². The van der Waals surface area contributed by atoms with Gasteiger partial charge in [-0.3, -0.25) is 4.98 Å². The second kappa shape index (κ2) is 8.55. The van der Waals surface area contributed by atoms with Crippen molar-refractivity contribution in [2.75, 3.05) is 12.0 Å². The van der Waals surface area contributed by atoms with Crippen LogP contribution in [0.1, 0.15) is 37.3 Å². The van der Waals surface area contributed by atoms with Crippen molar-refractivity contribution in [3.8, 4) is 22.4 Å². The number of pyridine rings is 1. The van der Waals surface area contributed by atoms with E-state index in [2.05, 4.69) is 10.1 Å². The number of primary amides is 1. The molecule has 6 rings (SSSR count). The molecule has 2 aliphatic rings. The van der Waals surface area contributed by atoms with E-state index < -0.39 is 15.9 Å². The van der Waals surface area contributed by atoms with E-state index in [4.69, 9.17) is 16.5 Å². The Balaban J connectivity index is 1.46. The molecule has 2 aliphatic heterocycles. The van der Waals surface area contributed by atoms with Gasteiger partial charge in [-0.2, -0.15) is 9.61 Å². The normalized spacial score (nSPS) is 21.4. The first-order valence-corrected chi connectivity index (χ1v) is 14.1. The maximum atomic E-state index is 12.9. The van der Waals surface area contributed by atoms with Crippen molar-refractivity contribution < 1.29 is 13.2 Å². The Bertz CT molecular complexity index is 1600. The number of nitrogens with two attached hydrogens (primary N) is 2. The third-order valence-corrected chi connectivity index (χ3v) is 8.71. The molecule has 2 saturated heterocycles. The number of piperidine rings is 1. The smallest absolute Gasteiger partial charge is 0.315 e. The van der Waals surface area contributed by atoms with Crippen LogP contribution in [0.2, 0.25) is 0 Å². The maximum absolute atomic E-state index is 12.9. The molecule has 37 heavy (non-hydrogen) atoms. The summed E-state index contributed by atoms with van der Waals surface area (Å²) in [5, 5.41) is 4.38. The lowest BCUT2D eigenvalue weighted by atomic mass is 9.88. The molecule has 4 aromatic rings. The Morgan fingerprint density at radius 3 is 2.30 bits per heavy atom. The lowest BCUT2D eigenvalue weighted by Crippen LogP contribution is -2.48. The first kappa shape index (κ1) is 23.4. The highest BCUT2D eigenvalue weighted by atomic mass is 32.2. The molecule has 0 radical (unpaired) electrons. The molecule has 2 unspecified atom stereocenters. The molecule has 11 heteroatoms. The number of carbonyl (C=O) groups excluding carboxylic acids is 1. The highest BCUT2D eigenvalue weighted by molar-refractivity contribution is 7.91. The van der Waals surface area contributed by atoms with E-state index in [9.17, 15) is 13.2 Å². The van der Waals surface area contributed by atoms with E-state index in [0.717, 1.165) is 35.9 Å². The number of benzene rings is 1. The van der Waals surface area contributed by atoms with Gasteiger partial charge in [0.25, 0.3) is 0 Å². The minimum atomic E-state index is -3.71. The van der Waals surface area contributed by atoms with Gasteiger partial charge in [0.1, 0.15) is 10.7 Å². The summed E-state index contributed by atoms with van der Waals surface area (Å²) in [7, 11) is -3.71. The molecule has 5 heterocycles. The quantitative estimate of drug-likeness (QED) is 0.422. The van der Waals surface area contributed by atoms with E-state index in [-0.39, 0.29) is 28.7 Å². The molecule has 4 N–H and O–H groups in total. The van der Waals surface area contributed by atoms with Gasteiger partial charge in [0.2, 0.25) is 0 Å². The van der Waals surface area contributed by atoms with Gasteiger partial charge in [0.05, 0.1) is 17.6 Å². The van der Waals surface area contributed by atoms with Crippen molar-refractivity contribution in [3.63, 3.8) is 0 Å². The Morgan fingerprint density at radius 1 is 1.00 bits per heavy atom. The van der Waals surface area contributed by atoms with Crippen LogP contribution in [0, 0.1) is 0 Å². The van der Waals surface area contributed by atoms with Gasteiger partial charge in [0.15, 0.2) is 15.5 Å². The number of rotatable bonds is 4. The molecular formula is C26H27N7O3S. The third-order valence-electron chi connectivity index (χ3n) is 7.55. The van der Waals surface area contributed by atoms with E-state index in [0.29, 0.717) is 29.7 Å². The Morgan fingerprint density at radius 2 is 1.70 bits per heavy atom. The summed E-state index contributed by atoms with van der Waals surface area (Å²) in [5.74, 6) is -0.140. The zero-order valence-corrected chi connectivity index (χ0v) is 21.1. The summed E-state index contributed by atoms with van der Waals surface area (Å²) >= 11 is 0. The molecule has 0 saturated carbocycles. The van der Waals surface area contributed by atoms with Crippen molar-refractivity contribution in [2.24, 2.45) is 5.73 Å². The summed E-state index contributed by atoms with van der Waals surface area (Å²) in [4.78, 5) is 23.2. The SMILES string of the molecule is CS(=O)(=O)c1c(C2CC3CCC(C2)N3C(N)=O)nc2c(-c3ccc(-c4ccccc4)nc3)cnn2c1N. The number of anilines is 1. The maximum Gasteiger partial charge on any atom is 0.315 e. The van der Waals surface area contributed by atoms with E-state index in [1.807, 2.05) is 42.5 Å². The van der Waals surface area contributed by atoms with Gasteiger partial charge >= 0.3 is 6.03 Å². The second-order valence-corrected chi connectivity index (χ2v) is 11.8. The van der Waals surface area contributed by atoms with Crippen LogP contribution in [0.25, 0.3) is 28.0 Å². The Kier molecular flexibility index (Phi) is 5.41. The molecule has 2 amide bonds. The molecular weight excluding hydrogens is 490 g/mol. The number of carbonyl (C=O) groups is 1. The topological polar surface area (TPSA) is 150 Å². The van der Waals surface area contributed by atoms with Crippen LogP contribution < -0.4 is 11.5 Å². The molecule has 0 spiro atoms. The summed E-state index contributed by atoms with van der Waals surface area (Å²) in [6.45, 7) is 0. The summed E-state index contributed by atoms with van der Waals surface area (Å²) in [6, 6.07) is 13.2. The number of urea groups is 1. The molecule has 3 aromatic heterocycles. The van der Waals surface area contributed by atoms with Crippen LogP contribution in [0.15, 0.2) is 59.8 Å². The largest absolute Gasteiger partial charge is 0.382 e. The van der Waals surface area contributed by atoms with Gasteiger partial charge in [-0.05, 0) is 31.7 Å². The highest BCUT2D eigenvalue weighted by Gasteiger charge is 2.44. The average Bonchev–Trinajstić information content (AvgIpc) is 3.42. The summed E-state index contributed by atoms with van der Waals surface area (Å²) in [5.41, 5.74) is 16.3. The van der Waals surface area contributed by atoms with Crippen LogP contribution >= 0.6 is 0 Å². The second-order valence-electron chi connectivity index (χ2n) is 9.87. The number of aromatic nitrogens is 4. The van der Waals surface area contributed by atoms with E-state index in [1.54, 1.807) is 17.3 Å². The predicted octanol–water partition coefficient (Wildman–Crippen LogP) is 3.23. The fourth-order valence-corrected chi connectivity index (χ4v) is 7.03. The zero-order valence-electron chi connectivity index (χ0n) is 20.3.